The molecule has 3 aliphatic rings. The smallest absolute Gasteiger partial charge is 0.334 e. The Morgan fingerprint density at radius 1 is 0.821 bits per heavy atom. The van der Waals surface area contributed by atoms with Gasteiger partial charge in [-0.2, -0.15) is 10.1 Å². The van der Waals surface area contributed by atoms with Gasteiger partial charge in [0.2, 0.25) is 5.88 Å². The average Bonchev–Trinajstić information content (AvgIpc) is 3.71. The normalized spacial score (nSPS) is 19.4. The van der Waals surface area contributed by atoms with E-state index in [9.17, 15) is 19.5 Å². The van der Waals surface area contributed by atoms with Crippen molar-refractivity contribution in [1.82, 2.24) is 9.13 Å². The Kier molecular flexibility index (Phi) is 6.54. The molecule has 0 radical (unpaired) electrons. The zero-order valence-electron chi connectivity index (χ0n) is 22.0. The van der Waals surface area contributed by atoms with E-state index in [0.717, 1.165) is 56.9 Å². The van der Waals surface area contributed by atoms with E-state index in [2.05, 4.69) is 0 Å². The van der Waals surface area contributed by atoms with Crippen molar-refractivity contribution in [3.63, 3.8) is 0 Å². The van der Waals surface area contributed by atoms with Crippen LogP contribution in [0.1, 0.15) is 80.1 Å². The standard InChI is InChI=1S/C31H32N4O4/c1-20-11-5-10-18-26(20)35-30(38)24(27(32-35)21-12-3-2-4-13-21)19-25-28(36)33(22-14-6-7-15-22)31(39)34(29(25)37)23-16-8-9-17-23/h2-5,10-13,18-19,22-23,36H,6-9,14-17H2,1H3/b24-19-. The molecule has 0 saturated heterocycles. The number of aromatic nitrogens is 2. The lowest BCUT2D eigenvalue weighted by molar-refractivity contribution is -0.114. The van der Waals surface area contributed by atoms with Gasteiger partial charge in [0.1, 0.15) is 11.3 Å². The number of anilines is 1. The maximum Gasteiger partial charge on any atom is 0.334 e. The van der Waals surface area contributed by atoms with Crippen molar-refractivity contribution in [3.8, 4) is 5.88 Å². The van der Waals surface area contributed by atoms with E-state index in [1.54, 1.807) is 0 Å². The van der Waals surface area contributed by atoms with Crippen molar-refractivity contribution < 1.29 is 9.90 Å². The van der Waals surface area contributed by atoms with Crippen LogP contribution in [0.5, 0.6) is 5.88 Å². The molecule has 1 amide bonds. The molecule has 2 aliphatic carbocycles. The van der Waals surface area contributed by atoms with Gasteiger partial charge in [-0.15, -0.1) is 0 Å². The highest BCUT2D eigenvalue weighted by Gasteiger charge is 2.35. The highest BCUT2D eigenvalue weighted by molar-refractivity contribution is 6.37. The first-order valence-electron chi connectivity index (χ1n) is 13.8. The molecule has 0 bridgehead atoms. The number of aromatic hydroxyl groups is 1. The summed E-state index contributed by atoms with van der Waals surface area (Å²) in [4.78, 5) is 41.4. The molecule has 2 fully saturated rings. The van der Waals surface area contributed by atoms with Crippen LogP contribution in [0, 0.1) is 6.92 Å². The third kappa shape index (κ3) is 4.33. The molecule has 8 heteroatoms. The maximum atomic E-state index is 13.9. The average molecular weight is 525 g/mol. The van der Waals surface area contributed by atoms with Crippen LogP contribution in [0.25, 0.3) is 6.08 Å². The van der Waals surface area contributed by atoms with Gasteiger partial charge in [-0.1, -0.05) is 74.2 Å². The minimum absolute atomic E-state index is 0.0352. The molecule has 3 aromatic rings. The number of rotatable bonds is 5. The summed E-state index contributed by atoms with van der Waals surface area (Å²) in [6.07, 6.45) is 8.30. The Morgan fingerprint density at radius 2 is 1.41 bits per heavy atom. The molecule has 6 rings (SSSR count). The number of hydrazone groups is 1. The maximum absolute atomic E-state index is 13.9. The number of para-hydroxylation sites is 1. The van der Waals surface area contributed by atoms with Gasteiger partial charge in [-0.05, 0) is 50.3 Å². The number of nitrogens with zero attached hydrogens (tertiary/aromatic N) is 4. The van der Waals surface area contributed by atoms with Crippen molar-refractivity contribution in [2.24, 2.45) is 5.10 Å². The van der Waals surface area contributed by atoms with Gasteiger partial charge < -0.3 is 5.11 Å². The lowest BCUT2D eigenvalue weighted by atomic mass is 10.0. The number of carbonyl (C=O) groups is 1. The number of benzene rings is 2. The number of amides is 1. The summed E-state index contributed by atoms with van der Waals surface area (Å²) >= 11 is 0. The highest BCUT2D eigenvalue weighted by Crippen LogP contribution is 2.35. The SMILES string of the molecule is Cc1ccccc1N1N=C(c2ccccc2)/C(=C/c2c(O)n(C3CCCC3)c(=O)n(C3CCCC3)c2=O)C1=O. The molecule has 2 aromatic carbocycles. The number of hydrogen-bond donors (Lipinski definition) is 1. The van der Waals surface area contributed by atoms with Gasteiger partial charge >= 0.3 is 5.69 Å². The van der Waals surface area contributed by atoms with Crippen molar-refractivity contribution in [3.05, 3.63) is 97.7 Å². The van der Waals surface area contributed by atoms with Gasteiger partial charge in [-0.25, -0.2) is 4.79 Å². The largest absolute Gasteiger partial charge is 0.494 e. The van der Waals surface area contributed by atoms with E-state index >= 15 is 0 Å². The Hall–Kier alpha value is -4.20. The van der Waals surface area contributed by atoms with Crippen molar-refractivity contribution in [2.75, 3.05) is 5.01 Å². The first-order chi connectivity index (χ1) is 19.0. The predicted molar refractivity (Wildman–Crippen MR) is 151 cm³/mol. The second kappa shape index (κ2) is 10.2. The van der Waals surface area contributed by atoms with Gasteiger partial charge in [0.25, 0.3) is 11.5 Å². The van der Waals surface area contributed by atoms with Crippen LogP contribution in [0.4, 0.5) is 5.69 Å². The number of carbonyl (C=O) groups excluding carboxylic acids is 1. The Balaban J connectivity index is 1.57. The summed E-state index contributed by atoms with van der Waals surface area (Å²) in [5.41, 5.74) is 1.81. The summed E-state index contributed by atoms with van der Waals surface area (Å²) < 4.78 is 2.73. The van der Waals surface area contributed by atoms with Crippen LogP contribution in [-0.4, -0.2) is 25.9 Å². The summed E-state index contributed by atoms with van der Waals surface area (Å²) in [6.45, 7) is 1.91. The fraction of sp³-hybridized carbons (Fsp3) is 0.355. The molecule has 39 heavy (non-hydrogen) atoms. The van der Waals surface area contributed by atoms with Crippen molar-refractivity contribution in [2.45, 2.75) is 70.4 Å². The minimum Gasteiger partial charge on any atom is -0.494 e. The number of aryl methyl sites for hydroxylation is 1. The van der Waals surface area contributed by atoms with E-state index < -0.39 is 17.2 Å². The van der Waals surface area contributed by atoms with Gasteiger partial charge in [0, 0.05) is 17.6 Å². The Bertz CT molecular complexity index is 1600. The molecule has 0 spiro atoms. The summed E-state index contributed by atoms with van der Waals surface area (Å²) in [6, 6.07) is 16.4. The van der Waals surface area contributed by atoms with Crippen LogP contribution in [0.3, 0.4) is 0 Å². The monoisotopic (exact) mass is 524 g/mol. The molecular formula is C31H32N4O4. The lowest BCUT2D eigenvalue weighted by Gasteiger charge is -2.22. The first kappa shape index (κ1) is 25.1. The summed E-state index contributed by atoms with van der Waals surface area (Å²) in [5.74, 6) is -0.763. The molecule has 1 aliphatic heterocycles. The van der Waals surface area contributed by atoms with E-state index in [1.165, 1.54) is 20.2 Å². The first-order valence-corrected chi connectivity index (χ1v) is 13.8. The second-order valence-electron chi connectivity index (χ2n) is 10.7. The molecular weight excluding hydrogens is 492 g/mol. The molecule has 0 atom stereocenters. The van der Waals surface area contributed by atoms with E-state index in [1.807, 2.05) is 61.5 Å². The topological polar surface area (TPSA) is 96.9 Å². The van der Waals surface area contributed by atoms with Crippen LogP contribution in [0.2, 0.25) is 0 Å². The van der Waals surface area contributed by atoms with Gasteiger partial charge in [0.05, 0.1) is 11.3 Å². The van der Waals surface area contributed by atoms with Crippen LogP contribution in [-0.2, 0) is 4.79 Å². The molecule has 2 heterocycles. The zero-order valence-corrected chi connectivity index (χ0v) is 22.0. The molecule has 1 N–H and O–H groups in total. The molecule has 8 nitrogen and oxygen atoms in total. The molecule has 2 saturated carbocycles. The Labute approximate surface area is 226 Å². The quantitative estimate of drug-likeness (QED) is 0.470. The molecule has 200 valence electrons. The molecule has 1 aromatic heterocycles. The summed E-state index contributed by atoms with van der Waals surface area (Å²) in [7, 11) is 0. The highest BCUT2D eigenvalue weighted by atomic mass is 16.3. The van der Waals surface area contributed by atoms with Gasteiger partial charge in [-0.3, -0.25) is 18.7 Å². The van der Waals surface area contributed by atoms with E-state index in [-0.39, 0.29) is 29.1 Å². The fourth-order valence-electron chi connectivity index (χ4n) is 6.21. The lowest BCUT2D eigenvalue weighted by Crippen LogP contribution is -2.43. The Morgan fingerprint density at radius 3 is 2.05 bits per heavy atom. The fourth-order valence-corrected chi connectivity index (χ4v) is 6.21. The van der Waals surface area contributed by atoms with Crippen LogP contribution >= 0.6 is 0 Å². The van der Waals surface area contributed by atoms with Crippen molar-refractivity contribution >= 4 is 23.4 Å². The zero-order chi connectivity index (χ0) is 27.1. The van der Waals surface area contributed by atoms with Crippen molar-refractivity contribution in [1.29, 1.82) is 0 Å². The third-order valence-corrected chi connectivity index (χ3v) is 8.27. The van der Waals surface area contributed by atoms with Crippen LogP contribution < -0.4 is 16.3 Å². The molecule has 0 unspecified atom stereocenters. The van der Waals surface area contributed by atoms with Gasteiger partial charge in [0.15, 0.2) is 0 Å². The van der Waals surface area contributed by atoms with Crippen LogP contribution in [0.15, 0.2) is 74.9 Å². The minimum atomic E-state index is -0.555. The number of hydrogen-bond acceptors (Lipinski definition) is 5. The second-order valence-corrected chi connectivity index (χ2v) is 10.7. The van der Waals surface area contributed by atoms with E-state index in [4.69, 9.17) is 5.10 Å². The third-order valence-electron chi connectivity index (χ3n) is 8.27. The van der Waals surface area contributed by atoms with E-state index in [0.29, 0.717) is 17.0 Å². The predicted octanol–water partition coefficient (Wildman–Crippen LogP) is 5.09. The summed E-state index contributed by atoms with van der Waals surface area (Å²) in [5, 5.41) is 17.5.